The number of halogens is 1. The minimum atomic E-state index is -1.91. The molecular weight excluding hydrogens is 176 g/mol. The van der Waals surface area contributed by atoms with Crippen molar-refractivity contribution in [1.29, 1.82) is 0 Å². The van der Waals surface area contributed by atoms with Gasteiger partial charge in [-0.1, -0.05) is 0 Å². The van der Waals surface area contributed by atoms with Crippen LogP contribution in [-0.4, -0.2) is 23.2 Å². The Bertz CT molecular complexity index is 363. The Morgan fingerprint density at radius 3 is 2.69 bits per heavy atom. The average molecular weight is 181 g/mol. The lowest BCUT2D eigenvalue weighted by Crippen LogP contribution is -2.32. The van der Waals surface area contributed by atoms with Gasteiger partial charge < -0.3 is 10.0 Å². The second-order valence-electron chi connectivity index (χ2n) is 2.28. The van der Waals surface area contributed by atoms with E-state index in [1.807, 2.05) is 0 Å². The molecule has 1 rings (SSSR count). The van der Waals surface area contributed by atoms with Crippen LogP contribution in [0.4, 0.5) is 10.1 Å². The fraction of sp³-hybridized carbons (Fsp3) is 0. The van der Waals surface area contributed by atoms with Gasteiger partial charge >= 0.3 is 7.12 Å². The molecule has 0 heterocycles. The van der Waals surface area contributed by atoms with Gasteiger partial charge in [-0.25, -0.2) is 9.18 Å². The van der Waals surface area contributed by atoms with Gasteiger partial charge in [-0.3, -0.25) is 0 Å². The van der Waals surface area contributed by atoms with Gasteiger partial charge in [0.1, 0.15) is 5.82 Å². The van der Waals surface area contributed by atoms with Crippen molar-refractivity contribution >= 4 is 24.3 Å². The minimum Gasteiger partial charge on any atom is -0.423 e. The molecule has 6 heteroatoms. The maximum absolute atomic E-state index is 12.8. The molecule has 0 bridgehead atoms. The van der Waals surface area contributed by atoms with Gasteiger partial charge in [0.25, 0.3) is 0 Å². The van der Waals surface area contributed by atoms with Crippen molar-refractivity contribution in [2.24, 2.45) is 4.99 Å². The van der Waals surface area contributed by atoms with E-state index >= 15 is 0 Å². The predicted octanol–water partition coefficient (Wildman–Crippen LogP) is -0.527. The summed E-state index contributed by atoms with van der Waals surface area (Å²) in [6.07, 6.45) is 1.26. The van der Waals surface area contributed by atoms with E-state index in [4.69, 9.17) is 10.0 Å². The van der Waals surface area contributed by atoms with Crippen LogP contribution in [0.25, 0.3) is 0 Å². The zero-order chi connectivity index (χ0) is 9.84. The number of hydrogen-bond donors (Lipinski definition) is 2. The molecule has 0 saturated carbocycles. The van der Waals surface area contributed by atoms with Crippen LogP contribution in [0.15, 0.2) is 23.2 Å². The highest BCUT2D eigenvalue weighted by Crippen LogP contribution is 2.09. The Balaban J connectivity index is 3.18. The van der Waals surface area contributed by atoms with Gasteiger partial charge in [0.05, 0.1) is 5.69 Å². The second-order valence-corrected chi connectivity index (χ2v) is 2.28. The number of nitrogens with zero attached hydrogens (tertiary/aromatic N) is 1. The van der Waals surface area contributed by atoms with Crippen molar-refractivity contribution in [3.8, 4) is 0 Å². The lowest BCUT2D eigenvalue weighted by molar-refractivity contribution is 0.423. The molecule has 0 radical (unpaired) electrons. The molecule has 13 heavy (non-hydrogen) atoms. The highest BCUT2D eigenvalue weighted by Gasteiger charge is 2.16. The normalized spacial score (nSPS) is 9.15. The number of hydrogen-bond acceptors (Lipinski definition) is 4. The highest BCUT2D eigenvalue weighted by atomic mass is 19.1. The highest BCUT2D eigenvalue weighted by molar-refractivity contribution is 6.58. The summed E-state index contributed by atoms with van der Waals surface area (Å²) in [5.74, 6) is -0.764. The van der Waals surface area contributed by atoms with Crippen molar-refractivity contribution in [3.63, 3.8) is 0 Å². The van der Waals surface area contributed by atoms with Crippen molar-refractivity contribution in [1.82, 2.24) is 0 Å². The summed E-state index contributed by atoms with van der Waals surface area (Å²) in [4.78, 5) is 13.0. The molecule has 0 fully saturated rings. The van der Waals surface area contributed by atoms with Crippen LogP contribution in [0, 0.1) is 5.82 Å². The summed E-state index contributed by atoms with van der Waals surface area (Å²) < 4.78 is 12.8. The second kappa shape index (κ2) is 3.95. The van der Waals surface area contributed by atoms with E-state index in [-0.39, 0.29) is 11.2 Å². The van der Waals surface area contributed by atoms with Crippen LogP contribution in [0.3, 0.4) is 0 Å². The van der Waals surface area contributed by atoms with Crippen molar-refractivity contribution in [2.75, 3.05) is 0 Å². The molecule has 1 aromatic rings. The van der Waals surface area contributed by atoms with E-state index in [0.717, 1.165) is 12.1 Å². The number of carbonyl (C=O) groups excluding carboxylic acids is 1. The van der Waals surface area contributed by atoms with E-state index in [1.54, 1.807) is 0 Å². The Labute approximate surface area is 73.5 Å². The van der Waals surface area contributed by atoms with Gasteiger partial charge in [-0.2, -0.15) is 4.99 Å². The number of benzene rings is 1. The average Bonchev–Trinajstić information content (AvgIpc) is 2.08. The van der Waals surface area contributed by atoms with Crippen molar-refractivity contribution in [2.45, 2.75) is 0 Å². The summed E-state index contributed by atoms with van der Waals surface area (Å²) >= 11 is 0. The van der Waals surface area contributed by atoms with Gasteiger partial charge in [0.15, 0.2) is 0 Å². The topological polar surface area (TPSA) is 69.9 Å². The van der Waals surface area contributed by atoms with Gasteiger partial charge in [-0.05, 0) is 18.2 Å². The quantitative estimate of drug-likeness (QED) is 0.366. The molecule has 0 unspecified atom stereocenters. The number of aliphatic imine (C=N–C) groups is 1. The summed E-state index contributed by atoms with van der Waals surface area (Å²) in [5.41, 5.74) is -0.198. The lowest BCUT2D eigenvalue weighted by Gasteiger charge is -2.00. The molecule has 1 aromatic carbocycles. The molecule has 0 amide bonds. The fourth-order valence-electron chi connectivity index (χ4n) is 0.851. The lowest BCUT2D eigenvalue weighted by atomic mass is 9.80. The summed E-state index contributed by atoms with van der Waals surface area (Å²) in [5, 5.41) is 17.3. The van der Waals surface area contributed by atoms with Crippen LogP contribution in [0.5, 0.6) is 0 Å². The van der Waals surface area contributed by atoms with Gasteiger partial charge in [0, 0.05) is 5.46 Å². The molecule has 0 atom stereocenters. The van der Waals surface area contributed by atoms with E-state index in [0.29, 0.717) is 0 Å². The minimum absolute atomic E-state index is 0.125. The Hall–Kier alpha value is -1.49. The van der Waals surface area contributed by atoms with Crippen LogP contribution in [0.1, 0.15) is 0 Å². The van der Waals surface area contributed by atoms with Gasteiger partial charge in [0.2, 0.25) is 6.08 Å². The predicted molar refractivity (Wildman–Crippen MR) is 44.0 cm³/mol. The van der Waals surface area contributed by atoms with E-state index < -0.39 is 12.9 Å². The third kappa shape index (κ3) is 2.22. The molecule has 0 aromatic heterocycles. The Morgan fingerprint density at radius 2 is 2.15 bits per heavy atom. The smallest absolute Gasteiger partial charge is 0.423 e. The van der Waals surface area contributed by atoms with Crippen LogP contribution < -0.4 is 5.46 Å². The first-order chi connectivity index (χ1) is 6.15. The van der Waals surface area contributed by atoms with Crippen LogP contribution >= 0.6 is 0 Å². The maximum atomic E-state index is 12.8. The third-order valence-corrected chi connectivity index (χ3v) is 1.43. The summed E-state index contributed by atoms with van der Waals surface area (Å²) in [6.45, 7) is 0. The molecule has 0 saturated heterocycles. The Kier molecular flexibility index (Phi) is 2.92. The molecule has 0 spiro atoms. The Morgan fingerprint density at radius 1 is 1.46 bits per heavy atom. The number of isocyanates is 1. The van der Waals surface area contributed by atoms with Gasteiger partial charge in [-0.15, -0.1) is 0 Å². The van der Waals surface area contributed by atoms with E-state index in [1.165, 1.54) is 12.1 Å². The summed E-state index contributed by atoms with van der Waals surface area (Å²) in [7, 11) is -1.91. The van der Waals surface area contributed by atoms with Crippen LogP contribution in [0.2, 0.25) is 0 Å². The SMILES string of the molecule is O=C=Nc1ccc(F)c(B(O)O)c1. The summed E-state index contributed by atoms with van der Waals surface area (Å²) in [6, 6.07) is 3.28. The van der Waals surface area contributed by atoms with Crippen LogP contribution in [-0.2, 0) is 4.79 Å². The molecule has 0 aliphatic rings. The van der Waals surface area contributed by atoms with Crippen molar-refractivity contribution < 1.29 is 19.2 Å². The number of rotatable bonds is 2. The van der Waals surface area contributed by atoms with E-state index in [9.17, 15) is 9.18 Å². The zero-order valence-corrected chi connectivity index (χ0v) is 6.44. The molecule has 0 aliphatic carbocycles. The molecule has 66 valence electrons. The van der Waals surface area contributed by atoms with E-state index in [2.05, 4.69) is 4.99 Å². The largest absolute Gasteiger partial charge is 0.491 e. The fourth-order valence-corrected chi connectivity index (χ4v) is 0.851. The van der Waals surface area contributed by atoms with Crippen molar-refractivity contribution in [3.05, 3.63) is 24.0 Å². The molecular formula is C7H5BFNO3. The standard InChI is InChI=1S/C7H5BFNO3/c9-7-2-1-5(10-4-11)3-6(7)8(12)13/h1-3,12-13H. The first-order valence-corrected chi connectivity index (χ1v) is 3.38. The third-order valence-electron chi connectivity index (χ3n) is 1.43. The maximum Gasteiger partial charge on any atom is 0.491 e. The monoisotopic (exact) mass is 181 g/mol. The molecule has 4 nitrogen and oxygen atoms in total. The zero-order valence-electron chi connectivity index (χ0n) is 6.44. The first kappa shape index (κ1) is 9.60. The molecule has 0 aliphatic heterocycles. The first-order valence-electron chi connectivity index (χ1n) is 3.38. The molecule has 2 N–H and O–H groups in total.